The number of aliphatic hydroxyl groups excluding tert-OH is 1. The van der Waals surface area contributed by atoms with Crippen molar-refractivity contribution in [2.75, 3.05) is 6.54 Å². The summed E-state index contributed by atoms with van der Waals surface area (Å²) < 4.78 is 0. The Morgan fingerprint density at radius 1 is 1.24 bits per heavy atom. The molecule has 3 atom stereocenters. The lowest BCUT2D eigenvalue weighted by Gasteiger charge is -2.26. The van der Waals surface area contributed by atoms with E-state index in [0.717, 1.165) is 6.42 Å². The van der Waals surface area contributed by atoms with Crippen molar-refractivity contribution in [3.05, 3.63) is 0 Å². The lowest BCUT2D eigenvalue weighted by molar-refractivity contribution is -0.122. The van der Waals surface area contributed by atoms with Crippen molar-refractivity contribution < 1.29 is 9.90 Å². The predicted molar refractivity (Wildman–Crippen MR) is 71.7 cm³/mol. The van der Waals surface area contributed by atoms with E-state index in [1.54, 1.807) is 6.92 Å². The second-order valence-corrected chi connectivity index (χ2v) is 6.47. The van der Waals surface area contributed by atoms with Crippen molar-refractivity contribution in [1.82, 2.24) is 5.32 Å². The smallest absolute Gasteiger partial charge is 0.220 e. The molecule has 0 aliphatic carbocycles. The lowest BCUT2D eigenvalue weighted by atomic mass is 9.80. The molecule has 102 valence electrons. The molecule has 3 heteroatoms. The first-order valence-electron chi connectivity index (χ1n) is 6.57. The molecule has 0 spiro atoms. The average molecular weight is 243 g/mol. The molecule has 0 saturated heterocycles. The van der Waals surface area contributed by atoms with Crippen LogP contribution in [0, 0.1) is 17.3 Å². The minimum Gasteiger partial charge on any atom is -0.393 e. The van der Waals surface area contributed by atoms with Gasteiger partial charge in [0.1, 0.15) is 0 Å². The van der Waals surface area contributed by atoms with Crippen LogP contribution in [0.5, 0.6) is 0 Å². The molecule has 0 aliphatic heterocycles. The molecular weight excluding hydrogens is 214 g/mol. The molecule has 3 unspecified atom stereocenters. The molecule has 0 aromatic carbocycles. The Morgan fingerprint density at radius 2 is 1.76 bits per heavy atom. The van der Waals surface area contributed by atoms with Gasteiger partial charge in [0.15, 0.2) is 0 Å². The molecule has 17 heavy (non-hydrogen) atoms. The van der Waals surface area contributed by atoms with E-state index < -0.39 is 0 Å². The minimum atomic E-state index is -0.296. The maximum atomic E-state index is 11.7. The fraction of sp³-hybridized carbons (Fsp3) is 0.929. The number of amides is 1. The Labute approximate surface area is 106 Å². The van der Waals surface area contributed by atoms with Crippen LogP contribution < -0.4 is 5.32 Å². The number of hydrogen-bond donors (Lipinski definition) is 2. The van der Waals surface area contributed by atoms with Gasteiger partial charge < -0.3 is 10.4 Å². The SMILES string of the molecule is CC(O)CC(C)CNC(=O)CC(C)C(C)(C)C. The highest BCUT2D eigenvalue weighted by Gasteiger charge is 2.22. The van der Waals surface area contributed by atoms with Gasteiger partial charge in [0, 0.05) is 13.0 Å². The van der Waals surface area contributed by atoms with Crippen LogP contribution >= 0.6 is 0 Å². The van der Waals surface area contributed by atoms with Gasteiger partial charge in [0.25, 0.3) is 0 Å². The highest BCUT2D eigenvalue weighted by molar-refractivity contribution is 5.76. The number of rotatable bonds is 6. The van der Waals surface area contributed by atoms with Crippen LogP contribution in [-0.2, 0) is 4.79 Å². The fourth-order valence-corrected chi connectivity index (χ4v) is 1.61. The molecule has 1 amide bonds. The second kappa shape index (κ2) is 7.00. The zero-order chi connectivity index (χ0) is 13.6. The van der Waals surface area contributed by atoms with Crippen LogP contribution in [0.25, 0.3) is 0 Å². The minimum absolute atomic E-state index is 0.116. The van der Waals surface area contributed by atoms with Gasteiger partial charge in [-0.2, -0.15) is 0 Å². The van der Waals surface area contributed by atoms with Crippen LogP contribution in [0.4, 0.5) is 0 Å². The third kappa shape index (κ3) is 8.19. The Balaban J connectivity index is 3.88. The third-order valence-electron chi connectivity index (χ3n) is 3.36. The summed E-state index contributed by atoms with van der Waals surface area (Å²) in [6, 6.07) is 0. The molecule has 0 aliphatic rings. The predicted octanol–water partition coefficient (Wildman–Crippen LogP) is 2.58. The summed E-state index contributed by atoms with van der Waals surface area (Å²) >= 11 is 0. The summed E-state index contributed by atoms with van der Waals surface area (Å²) in [5.41, 5.74) is 0.169. The third-order valence-corrected chi connectivity index (χ3v) is 3.36. The largest absolute Gasteiger partial charge is 0.393 e. The van der Waals surface area contributed by atoms with Crippen molar-refractivity contribution in [3.8, 4) is 0 Å². The van der Waals surface area contributed by atoms with Crippen molar-refractivity contribution in [1.29, 1.82) is 0 Å². The number of nitrogens with one attached hydrogen (secondary N) is 1. The molecule has 0 bridgehead atoms. The number of carbonyl (C=O) groups is 1. The zero-order valence-corrected chi connectivity index (χ0v) is 12.2. The number of hydrogen-bond acceptors (Lipinski definition) is 2. The average Bonchev–Trinajstić information content (AvgIpc) is 2.12. The highest BCUT2D eigenvalue weighted by Crippen LogP contribution is 2.27. The Bertz CT molecular complexity index is 231. The van der Waals surface area contributed by atoms with Gasteiger partial charge in [-0.3, -0.25) is 4.79 Å². The van der Waals surface area contributed by atoms with Crippen molar-refractivity contribution in [2.45, 2.75) is 60.5 Å². The van der Waals surface area contributed by atoms with Gasteiger partial charge in [-0.1, -0.05) is 34.6 Å². The molecular formula is C14H29NO2. The van der Waals surface area contributed by atoms with Crippen molar-refractivity contribution in [2.24, 2.45) is 17.3 Å². The standard InChI is InChI=1S/C14H29NO2/c1-10(7-12(3)16)9-15-13(17)8-11(2)14(4,5)6/h10-12,16H,7-9H2,1-6H3,(H,15,17). The van der Waals surface area contributed by atoms with Gasteiger partial charge >= 0.3 is 0 Å². The maximum absolute atomic E-state index is 11.7. The van der Waals surface area contributed by atoms with Crippen LogP contribution in [-0.4, -0.2) is 23.7 Å². The molecule has 0 rings (SSSR count). The van der Waals surface area contributed by atoms with Gasteiger partial charge in [0.2, 0.25) is 5.91 Å². The second-order valence-electron chi connectivity index (χ2n) is 6.47. The molecule has 0 radical (unpaired) electrons. The Morgan fingerprint density at radius 3 is 2.18 bits per heavy atom. The number of aliphatic hydroxyl groups is 1. The first-order valence-corrected chi connectivity index (χ1v) is 6.57. The molecule has 0 heterocycles. The summed E-state index contributed by atoms with van der Waals surface area (Å²) in [6.45, 7) is 13.0. The van der Waals surface area contributed by atoms with E-state index in [9.17, 15) is 9.90 Å². The topological polar surface area (TPSA) is 49.3 Å². The summed E-state index contributed by atoms with van der Waals surface area (Å²) in [6.07, 6.45) is 1.01. The van der Waals surface area contributed by atoms with E-state index >= 15 is 0 Å². The van der Waals surface area contributed by atoms with Crippen LogP contribution in [0.1, 0.15) is 54.4 Å². The fourth-order valence-electron chi connectivity index (χ4n) is 1.61. The molecule has 0 aromatic rings. The van der Waals surface area contributed by atoms with E-state index in [2.05, 4.69) is 33.0 Å². The summed E-state index contributed by atoms with van der Waals surface area (Å²) in [4.78, 5) is 11.7. The lowest BCUT2D eigenvalue weighted by Crippen LogP contribution is -2.32. The Kier molecular flexibility index (Phi) is 6.76. The Hall–Kier alpha value is -0.570. The van der Waals surface area contributed by atoms with Crippen LogP contribution in [0.3, 0.4) is 0 Å². The molecule has 0 aromatic heterocycles. The van der Waals surface area contributed by atoms with Gasteiger partial charge in [0.05, 0.1) is 6.10 Å². The van der Waals surface area contributed by atoms with E-state index in [1.165, 1.54) is 0 Å². The first kappa shape index (κ1) is 16.4. The summed E-state index contributed by atoms with van der Waals surface area (Å²) in [5, 5.41) is 12.2. The quantitative estimate of drug-likeness (QED) is 0.753. The van der Waals surface area contributed by atoms with E-state index in [1.807, 2.05) is 6.92 Å². The zero-order valence-electron chi connectivity index (χ0n) is 12.2. The monoisotopic (exact) mass is 243 g/mol. The van der Waals surface area contributed by atoms with Crippen LogP contribution in [0.2, 0.25) is 0 Å². The van der Waals surface area contributed by atoms with Crippen LogP contribution in [0.15, 0.2) is 0 Å². The summed E-state index contributed by atoms with van der Waals surface area (Å²) in [7, 11) is 0. The molecule has 0 saturated carbocycles. The van der Waals surface area contributed by atoms with E-state index in [0.29, 0.717) is 24.8 Å². The molecule has 0 fully saturated rings. The van der Waals surface area contributed by atoms with Crippen molar-refractivity contribution in [3.63, 3.8) is 0 Å². The maximum Gasteiger partial charge on any atom is 0.220 e. The first-order chi connectivity index (χ1) is 7.62. The van der Waals surface area contributed by atoms with Gasteiger partial charge in [-0.25, -0.2) is 0 Å². The molecule has 3 nitrogen and oxygen atoms in total. The van der Waals surface area contributed by atoms with Crippen molar-refractivity contribution >= 4 is 5.91 Å². The van der Waals surface area contributed by atoms with Gasteiger partial charge in [-0.05, 0) is 30.6 Å². The van der Waals surface area contributed by atoms with E-state index in [-0.39, 0.29) is 17.4 Å². The molecule has 2 N–H and O–H groups in total. The highest BCUT2D eigenvalue weighted by atomic mass is 16.3. The normalized spacial score (nSPS) is 17.4. The van der Waals surface area contributed by atoms with Gasteiger partial charge in [-0.15, -0.1) is 0 Å². The van der Waals surface area contributed by atoms with E-state index in [4.69, 9.17) is 0 Å². The number of carbonyl (C=O) groups excluding carboxylic acids is 1. The summed E-state index contributed by atoms with van der Waals surface area (Å²) in [5.74, 6) is 0.809.